The molecule has 0 unspecified atom stereocenters. The summed E-state index contributed by atoms with van der Waals surface area (Å²) in [6.07, 6.45) is 1.97. The van der Waals surface area contributed by atoms with Gasteiger partial charge in [0.1, 0.15) is 0 Å². The van der Waals surface area contributed by atoms with Crippen LogP contribution in [0.25, 0.3) is 0 Å². The molecule has 0 heterocycles. The van der Waals surface area contributed by atoms with Gasteiger partial charge in [0.05, 0.1) is 0 Å². The molecule has 16 heavy (non-hydrogen) atoms. The maximum atomic E-state index is 2.86. The Kier molecular flexibility index (Phi) is 19.9. The lowest BCUT2D eigenvalue weighted by Crippen LogP contribution is -1.47. The van der Waals surface area contributed by atoms with E-state index in [9.17, 15) is 0 Å². The molecular weight excluding hydrogens is 192 g/mol. The molecule has 0 aliphatic carbocycles. The van der Waals surface area contributed by atoms with Gasteiger partial charge in [0.15, 0.2) is 0 Å². The number of hydrogen-bond acceptors (Lipinski definition) is 0. The lowest BCUT2D eigenvalue weighted by atomic mass is 10.4. The summed E-state index contributed by atoms with van der Waals surface area (Å²) in [4.78, 5) is 0. The van der Waals surface area contributed by atoms with E-state index >= 15 is 0 Å². The van der Waals surface area contributed by atoms with Crippen molar-refractivity contribution in [3.8, 4) is 23.7 Å². The second-order valence-corrected chi connectivity index (χ2v) is 2.72. The topological polar surface area (TPSA) is 0 Å². The third kappa shape index (κ3) is 22.8. The van der Waals surface area contributed by atoms with E-state index in [-0.39, 0.29) is 0 Å². The van der Waals surface area contributed by atoms with Gasteiger partial charge in [-0.2, -0.15) is 0 Å². The van der Waals surface area contributed by atoms with Crippen LogP contribution in [0.3, 0.4) is 0 Å². The third-order valence-corrected chi connectivity index (χ3v) is 1.37. The van der Waals surface area contributed by atoms with Crippen LogP contribution in [0.1, 0.15) is 40.5 Å². The molecule has 1 rings (SSSR count). The summed E-state index contributed by atoms with van der Waals surface area (Å²) in [5.74, 6) is 11.3. The summed E-state index contributed by atoms with van der Waals surface area (Å²) in [5.41, 5.74) is 0. The van der Waals surface area contributed by atoms with Gasteiger partial charge in [-0.15, -0.1) is 23.7 Å². The minimum atomic E-state index is 0.983. The Hall–Kier alpha value is -1.66. The highest BCUT2D eigenvalue weighted by Gasteiger charge is 1.57. The molecule has 0 spiro atoms. The smallest absolute Gasteiger partial charge is 0.00601 e. The maximum Gasteiger partial charge on any atom is 0.00601 e. The highest BCUT2D eigenvalue weighted by Crippen LogP contribution is 1.79. The van der Waals surface area contributed by atoms with Crippen molar-refractivity contribution in [2.45, 2.75) is 40.5 Å². The standard InChI is InChI=1S/C6H6.2C5H8/c1-2-4-6-5-3-1;2*1-3-5-4-2/h1-6H;2*3H2,1-2H3. The van der Waals surface area contributed by atoms with E-state index in [0.717, 1.165) is 12.8 Å². The molecule has 0 aromatic heterocycles. The quantitative estimate of drug-likeness (QED) is 0.557. The van der Waals surface area contributed by atoms with E-state index in [1.165, 1.54) is 0 Å². The Balaban J connectivity index is 0. The molecule has 0 saturated carbocycles. The molecule has 0 radical (unpaired) electrons. The molecular formula is C16H22. The molecule has 1 aromatic rings. The first-order valence-electron chi connectivity index (χ1n) is 5.62. The second kappa shape index (κ2) is 19.0. The highest BCUT2D eigenvalue weighted by atomic mass is 13.6. The van der Waals surface area contributed by atoms with Gasteiger partial charge in [0.2, 0.25) is 0 Å². The van der Waals surface area contributed by atoms with Gasteiger partial charge < -0.3 is 0 Å². The van der Waals surface area contributed by atoms with Crippen molar-refractivity contribution >= 4 is 0 Å². The molecule has 0 bridgehead atoms. The first-order valence-corrected chi connectivity index (χ1v) is 5.62. The Morgan fingerprint density at radius 3 is 0.938 bits per heavy atom. The lowest BCUT2D eigenvalue weighted by molar-refractivity contribution is 1.28. The first-order chi connectivity index (χ1) is 7.83. The largest absolute Gasteiger partial charge is 0.107 e. The van der Waals surface area contributed by atoms with Crippen LogP contribution in [-0.2, 0) is 0 Å². The summed E-state index contributed by atoms with van der Waals surface area (Å²) < 4.78 is 0. The predicted octanol–water partition coefficient (Wildman–Crippen LogP) is 4.53. The summed E-state index contributed by atoms with van der Waals surface area (Å²) >= 11 is 0. The summed E-state index contributed by atoms with van der Waals surface area (Å²) in [6.45, 7) is 7.78. The lowest BCUT2D eigenvalue weighted by Gasteiger charge is -1.69. The monoisotopic (exact) mass is 214 g/mol. The van der Waals surface area contributed by atoms with Gasteiger partial charge >= 0.3 is 0 Å². The van der Waals surface area contributed by atoms with Crippen LogP contribution in [0.4, 0.5) is 0 Å². The highest BCUT2D eigenvalue weighted by molar-refractivity contribution is 4.99. The van der Waals surface area contributed by atoms with E-state index in [1.54, 1.807) is 0 Å². The van der Waals surface area contributed by atoms with Gasteiger partial charge in [-0.1, -0.05) is 50.2 Å². The van der Waals surface area contributed by atoms with Crippen LogP contribution in [0.2, 0.25) is 0 Å². The number of rotatable bonds is 0. The first kappa shape index (κ1) is 16.8. The van der Waals surface area contributed by atoms with E-state index < -0.39 is 0 Å². The Labute approximate surface area is 101 Å². The Morgan fingerprint density at radius 1 is 0.625 bits per heavy atom. The molecule has 0 nitrogen and oxygen atoms in total. The van der Waals surface area contributed by atoms with Crippen molar-refractivity contribution in [3.05, 3.63) is 36.4 Å². The Morgan fingerprint density at radius 2 is 0.875 bits per heavy atom. The summed E-state index contributed by atoms with van der Waals surface area (Å²) in [5, 5.41) is 0. The molecule has 0 fully saturated rings. The molecule has 0 aliphatic rings. The fourth-order valence-electron chi connectivity index (χ4n) is 0.738. The third-order valence-electron chi connectivity index (χ3n) is 1.37. The predicted molar refractivity (Wildman–Crippen MR) is 73.9 cm³/mol. The van der Waals surface area contributed by atoms with Crippen LogP contribution in [0.15, 0.2) is 36.4 Å². The molecule has 0 amide bonds. The molecule has 86 valence electrons. The number of hydrogen-bond donors (Lipinski definition) is 0. The van der Waals surface area contributed by atoms with Crippen LogP contribution in [0, 0.1) is 23.7 Å². The summed E-state index contributed by atoms with van der Waals surface area (Å²) in [6, 6.07) is 12.0. The van der Waals surface area contributed by atoms with Crippen molar-refractivity contribution in [2.75, 3.05) is 0 Å². The normalized spacial score (nSPS) is 6.25. The zero-order valence-electron chi connectivity index (χ0n) is 10.9. The second-order valence-electron chi connectivity index (χ2n) is 2.72. The maximum absolute atomic E-state index is 2.86. The van der Waals surface area contributed by atoms with E-state index in [4.69, 9.17) is 0 Å². The number of benzene rings is 1. The molecule has 0 N–H and O–H groups in total. The molecule has 0 saturated heterocycles. The van der Waals surface area contributed by atoms with E-state index in [1.807, 2.05) is 64.1 Å². The fraction of sp³-hybridized carbons (Fsp3) is 0.375. The molecule has 0 heteroatoms. The van der Waals surface area contributed by atoms with Gasteiger partial charge in [-0.05, 0) is 13.8 Å². The van der Waals surface area contributed by atoms with Gasteiger partial charge in [0, 0.05) is 12.8 Å². The molecule has 1 aromatic carbocycles. The van der Waals surface area contributed by atoms with Gasteiger partial charge in [-0.25, -0.2) is 0 Å². The van der Waals surface area contributed by atoms with E-state index in [0.29, 0.717) is 0 Å². The van der Waals surface area contributed by atoms with Crippen LogP contribution < -0.4 is 0 Å². The van der Waals surface area contributed by atoms with Crippen LogP contribution in [-0.4, -0.2) is 0 Å². The average Bonchev–Trinajstić information content (AvgIpc) is 2.35. The van der Waals surface area contributed by atoms with Crippen molar-refractivity contribution in [3.63, 3.8) is 0 Å². The van der Waals surface area contributed by atoms with Crippen molar-refractivity contribution < 1.29 is 0 Å². The fourth-order valence-corrected chi connectivity index (χ4v) is 0.738. The minimum absolute atomic E-state index is 0.983. The van der Waals surface area contributed by atoms with Crippen LogP contribution in [0.5, 0.6) is 0 Å². The summed E-state index contributed by atoms with van der Waals surface area (Å²) in [7, 11) is 0. The Bertz CT molecular complexity index is 267. The minimum Gasteiger partial charge on any atom is -0.107 e. The van der Waals surface area contributed by atoms with Gasteiger partial charge in [0.25, 0.3) is 0 Å². The van der Waals surface area contributed by atoms with Crippen molar-refractivity contribution in [2.24, 2.45) is 0 Å². The molecule has 0 atom stereocenters. The SMILES string of the molecule is CC#CCC.CC#CCC.c1ccccc1. The van der Waals surface area contributed by atoms with Crippen LogP contribution >= 0.6 is 0 Å². The molecule has 0 aliphatic heterocycles. The van der Waals surface area contributed by atoms with E-state index in [2.05, 4.69) is 23.7 Å². The van der Waals surface area contributed by atoms with Crippen molar-refractivity contribution in [1.82, 2.24) is 0 Å². The zero-order valence-corrected chi connectivity index (χ0v) is 10.9. The zero-order chi connectivity index (χ0) is 12.5. The van der Waals surface area contributed by atoms with Crippen molar-refractivity contribution in [1.29, 1.82) is 0 Å². The van der Waals surface area contributed by atoms with Gasteiger partial charge in [-0.3, -0.25) is 0 Å². The average molecular weight is 214 g/mol.